The summed E-state index contributed by atoms with van der Waals surface area (Å²) in [5, 5.41) is 0. The van der Waals surface area contributed by atoms with E-state index in [0.717, 1.165) is 29.0 Å². The number of aromatic nitrogens is 3. The van der Waals surface area contributed by atoms with Gasteiger partial charge in [-0.25, -0.2) is 9.97 Å². The standard InChI is InChI=1S/C20H15F3N4O/c21-20(22,23)18-6-3-14(9-27-18)8-16(19(24)28)7-13-1-4-15(5-2-13)17-10-25-12-26-11-17/h1-6,8-12H,7H2,(H2,24,28)/b16-8-. The van der Waals surface area contributed by atoms with Crippen LogP contribution in [-0.4, -0.2) is 20.9 Å². The number of nitrogens with zero attached hydrogens (tertiary/aromatic N) is 3. The van der Waals surface area contributed by atoms with Crippen LogP contribution in [0.25, 0.3) is 17.2 Å². The molecular formula is C20H15F3N4O. The van der Waals surface area contributed by atoms with Gasteiger partial charge in [0, 0.05) is 36.1 Å². The van der Waals surface area contributed by atoms with Crippen molar-refractivity contribution >= 4 is 12.0 Å². The molecule has 0 aliphatic carbocycles. The largest absolute Gasteiger partial charge is 0.433 e. The molecule has 2 aromatic heterocycles. The first-order chi connectivity index (χ1) is 13.3. The van der Waals surface area contributed by atoms with Crippen molar-refractivity contribution < 1.29 is 18.0 Å². The number of rotatable bonds is 5. The predicted octanol–water partition coefficient (Wildman–Crippen LogP) is 3.67. The van der Waals surface area contributed by atoms with E-state index in [2.05, 4.69) is 15.0 Å². The van der Waals surface area contributed by atoms with Gasteiger partial charge in [0.25, 0.3) is 0 Å². The number of hydrogen-bond donors (Lipinski definition) is 1. The Bertz CT molecular complexity index is 983. The fourth-order valence-corrected chi connectivity index (χ4v) is 2.55. The highest BCUT2D eigenvalue weighted by molar-refractivity contribution is 5.97. The molecule has 1 amide bonds. The lowest BCUT2D eigenvalue weighted by Gasteiger charge is -2.07. The fourth-order valence-electron chi connectivity index (χ4n) is 2.55. The molecule has 0 unspecified atom stereocenters. The molecule has 0 spiro atoms. The van der Waals surface area contributed by atoms with E-state index in [-0.39, 0.29) is 12.0 Å². The third kappa shape index (κ3) is 4.79. The molecule has 0 radical (unpaired) electrons. The topological polar surface area (TPSA) is 81.8 Å². The minimum atomic E-state index is -4.51. The number of amides is 1. The molecule has 5 nitrogen and oxygen atoms in total. The van der Waals surface area contributed by atoms with Crippen molar-refractivity contribution in [2.45, 2.75) is 12.6 Å². The highest BCUT2D eigenvalue weighted by Crippen LogP contribution is 2.27. The molecule has 3 rings (SSSR count). The first-order valence-electron chi connectivity index (χ1n) is 8.21. The Morgan fingerprint density at radius 3 is 2.18 bits per heavy atom. The Morgan fingerprint density at radius 2 is 1.64 bits per heavy atom. The smallest absolute Gasteiger partial charge is 0.366 e. The summed E-state index contributed by atoms with van der Waals surface area (Å²) in [6, 6.07) is 9.52. The molecule has 0 bridgehead atoms. The van der Waals surface area contributed by atoms with Gasteiger partial charge in [0.1, 0.15) is 12.0 Å². The first kappa shape index (κ1) is 19.2. The van der Waals surface area contributed by atoms with Gasteiger partial charge in [-0.15, -0.1) is 0 Å². The van der Waals surface area contributed by atoms with Crippen LogP contribution in [0.3, 0.4) is 0 Å². The zero-order valence-corrected chi connectivity index (χ0v) is 14.5. The van der Waals surface area contributed by atoms with Gasteiger partial charge in [-0.1, -0.05) is 30.3 Å². The van der Waals surface area contributed by atoms with Gasteiger partial charge in [-0.2, -0.15) is 13.2 Å². The second kappa shape index (κ2) is 7.99. The molecule has 0 aliphatic rings. The zero-order chi connectivity index (χ0) is 20.1. The van der Waals surface area contributed by atoms with Crippen LogP contribution >= 0.6 is 0 Å². The summed E-state index contributed by atoms with van der Waals surface area (Å²) in [4.78, 5) is 23.1. The number of benzene rings is 1. The maximum Gasteiger partial charge on any atom is 0.433 e. The van der Waals surface area contributed by atoms with Gasteiger partial charge < -0.3 is 5.73 Å². The number of pyridine rings is 1. The fraction of sp³-hybridized carbons (Fsp3) is 0.100. The van der Waals surface area contributed by atoms with Crippen molar-refractivity contribution in [2.75, 3.05) is 0 Å². The average Bonchev–Trinajstić information content (AvgIpc) is 2.68. The van der Waals surface area contributed by atoms with E-state index in [4.69, 9.17) is 5.73 Å². The average molecular weight is 384 g/mol. The number of nitrogens with two attached hydrogens (primary N) is 1. The SMILES string of the molecule is NC(=O)/C(=C\c1ccc(C(F)(F)F)nc1)Cc1ccc(-c2cncnc2)cc1. The molecule has 142 valence electrons. The predicted molar refractivity (Wildman–Crippen MR) is 97.6 cm³/mol. The molecule has 8 heteroatoms. The van der Waals surface area contributed by atoms with Crippen LogP contribution in [-0.2, 0) is 17.4 Å². The third-order valence-corrected chi connectivity index (χ3v) is 3.98. The summed E-state index contributed by atoms with van der Waals surface area (Å²) in [6.07, 6.45) is 3.04. The van der Waals surface area contributed by atoms with Crippen molar-refractivity contribution in [3.05, 3.63) is 83.7 Å². The summed E-state index contributed by atoms with van der Waals surface area (Å²) in [5.74, 6) is -0.652. The number of alkyl halides is 3. The van der Waals surface area contributed by atoms with Crippen LogP contribution in [0.2, 0.25) is 0 Å². The normalized spacial score (nSPS) is 12.0. The minimum Gasteiger partial charge on any atom is -0.366 e. The first-order valence-corrected chi connectivity index (χ1v) is 8.21. The minimum absolute atomic E-state index is 0.238. The van der Waals surface area contributed by atoms with E-state index in [0.29, 0.717) is 5.56 Å². The van der Waals surface area contributed by atoms with Crippen molar-refractivity contribution in [3.63, 3.8) is 0 Å². The Hall–Kier alpha value is -3.55. The zero-order valence-electron chi connectivity index (χ0n) is 14.5. The van der Waals surface area contributed by atoms with Crippen molar-refractivity contribution in [1.82, 2.24) is 15.0 Å². The second-order valence-electron chi connectivity index (χ2n) is 6.01. The number of carbonyl (C=O) groups is 1. The molecule has 0 saturated heterocycles. The molecular weight excluding hydrogens is 369 g/mol. The number of carbonyl (C=O) groups excluding carboxylic acids is 1. The lowest BCUT2D eigenvalue weighted by Crippen LogP contribution is -2.15. The summed E-state index contributed by atoms with van der Waals surface area (Å²) in [6.45, 7) is 0. The molecule has 0 fully saturated rings. The maximum absolute atomic E-state index is 12.6. The highest BCUT2D eigenvalue weighted by atomic mass is 19.4. The van der Waals surface area contributed by atoms with Gasteiger partial charge in [-0.3, -0.25) is 9.78 Å². The van der Waals surface area contributed by atoms with Crippen molar-refractivity contribution in [1.29, 1.82) is 0 Å². The van der Waals surface area contributed by atoms with E-state index in [1.54, 1.807) is 12.4 Å². The summed E-state index contributed by atoms with van der Waals surface area (Å²) in [5.41, 5.74) is 7.66. The monoisotopic (exact) mass is 384 g/mol. The molecule has 2 heterocycles. The quantitative estimate of drug-likeness (QED) is 0.681. The van der Waals surface area contributed by atoms with Crippen LogP contribution in [0.15, 0.2) is 66.9 Å². The lowest BCUT2D eigenvalue weighted by atomic mass is 10.00. The van der Waals surface area contributed by atoms with Crippen LogP contribution < -0.4 is 5.73 Å². The maximum atomic E-state index is 12.6. The summed E-state index contributed by atoms with van der Waals surface area (Å²) in [7, 11) is 0. The molecule has 28 heavy (non-hydrogen) atoms. The molecule has 0 saturated carbocycles. The van der Waals surface area contributed by atoms with Crippen LogP contribution in [0.5, 0.6) is 0 Å². The summed E-state index contributed by atoms with van der Waals surface area (Å²) >= 11 is 0. The second-order valence-corrected chi connectivity index (χ2v) is 6.01. The third-order valence-electron chi connectivity index (χ3n) is 3.98. The van der Waals surface area contributed by atoms with Crippen LogP contribution in [0.4, 0.5) is 13.2 Å². The molecule has 0 atom stereocenters. The van der Waals surface area contributed by atoms with Gasteiger partial charge in [-0.05, 0) is 28.8 Å². The van der Waals surface area contributed by atoms with Crippen molar-refractivity contribution in [3.8, 4) is 11.1 Å². The van der Waals surface area contributed by atoms with E-state index in [1.807, 2.05) is 24.3 Å². The lowest BCUT2D eigenvalue weighted by molar-refractivity contribution is -0.141. The van der Waals surface area contributed by atoms with E-state index < -0.39 is 17.8 Å². The molecule has 1 aromatic carbocycles. The molecule has 2 N–H and O–H groups in total. The molecule has 0 aliphatic heterocycles. The Morgan fingerprint density at radius 1 is 0.964 bits per heavy atom. The number of hydrogen-bond acceptors (Lipinski definition) is 4. The van der Waals surface area contributed by atoms with Gasteiger partial charge in [0.2, 0.25) is 5.91 Å². The number of halogens is 3. The van der Waals surface area contributed by atoms with Gasteiger partial charge >= 0.3 is 6.18 Å². The van der Waals surface area contributed by atoms with Crippen LogP contribution in [0.1, 0.15) is 16.8 Å². The van der Waals surface area contributed by atoms with Gasteiger partial charge in [0.15, 0.2) is 0 Å². The highest BCUT2D eigenvalue weighted by Gasteiger charge is 2.31. The van der Waals surface area contributed by atoms with E-state index in [9.17, 15) is 18.0 Å². The van der Waals surface area contributed by atoms with E-state index >= 15 is 0 Å². The van der Waals surface area contributed by atoms with Gasteiger partial charge in [0.05, 0.1) is 0 Å². The van der Waals surface area contributed by atoms with Crippen molar-refractivity contribution in [2.24, 2.45) is 5.73 Å². The Balaban J connectivity index is 1.79. The Kier molecular flexibility index (Phi) is 5.49. The number of primary amides is 1. The van der Waals surface area contributed by atoms with Crippen LogP contribution in [0, 0.1) is 0 Å². The Labute approximate surface area is 158 Å². The van der Waals surface area contributed by atoms with E-state index in [1.165, 1.54) is 18.5 Å². The summed E-state index contributed by atoms with van der Waals surface area (Å²) < 4.78 is 37.8. The molecule has 3 aromatic rings.